The number of rotatable bonds is 2. The predicted octanol–water partition coefficient (Wildman–Crippen LogP) is 2.90. The highest BCUT2D eigenvalue weighted by molar-refractivity contribution is 5.82. The van der Waals surface area contributed by atoms with Crippen molar-refractivity contribution in [2.45, 2.75) is 32.9 Å². The lowest BCUT2D eigenvalue weighted by atomic mass is 10.2. The molecule has 3 N–H and O–H groups in total. The number of benzene rings is 1. The van der Waals surface area contributed by atoms with Gasteiger partial charge in [-0.25, -0.2) is 4.79 Å². The molecule has 1 heterocycles. The van der Waals surface area contributed by atoms with Crippen LogP contribution >= 0.6 is 0 Å². The van der Waals surface area contributed by atoms with Gasteiger partial charge in [0.05, 0.1) is 6.54 Å². The molecule has 2 aromatic rings. The molecule has 0 aliphatic heterocycles. The van der Waals surface area contributed by atoms with Crippen LogP contribution in [-0.2, 0) is 11.3 Å². The number of H-pyrrole nitrogens is 1. The maximum Gasteiger partial charge on any atom is 0.407 e. The highest BCUT2D eigenvalue weighted by Gasteiger charge is 2.15. The maximum absolute atomic E-state index is 11.5. The van der Waals surface area contributed by atoms with Gasteiger partial charge in [-0.1, -0.05) is 0 Å². The molecule has 0 saturated carbocycles. The predicted molar refractivity (Wildman–Crippen MR) is 73.0 cm³/mol. The van der Waals surface area contributed by atoms with Crippen LogP contribution in [0.1, 0.15) is 26.5 Å². The minimum atomic E-state index is -0.504. The van der Waals surface area contributed by atoms with E-state index in [4.69, 9.17) is 4.74 Å². The molecule has 0 radical (unpaired) electrons. The van der Waals surface area contributed by atoms with E-state index >= 15 is 0 Å². The lowest BCUT2D eigenvalue weighted by Crippen LogP contribution is -2.32. The largest absolute Gasteiger partial charge is 0.508 e. The molecular weight excluding hydrogens is 244 g/mol. The van der Waals surface area contributed by atoms with Crippen LogP contribution in [0.3, 0.4) is 0 Å². The molecule has 0 unspecified atom stereocenters. The Labute approximate surface area is 111 Å². The molecule has 0 bridgehead atoms. The molecule has 5 nitrogen and oxygen atoms in total. The Morgan fingerprint density at radius 3 is 2.79 bits per heavy atom. The van der Waals surface area contributed by atoms with Gasteiger partial charge in [-0.15, -0.1) is 0 Å². The molecule has 0 atom stereocenters. The summed E-state index contributed by atoms with van der Waals surface area (Å²) in [7, 11) is 0. The van der Waals surface area contributed by atoms with E-state index in [1.807, 2.05) is 26.8 Å². The van der Waals surface area contributed by atoms with E-state index in [1.165, 1.54) is 0 Å². The summed E-state index contributed by atoms with van der Waals surface area (Å²) in [5, 5.41) is 13.0. The van der Waals surface area contributed by atoms with Gasteiger partial charge < -0.3 is 20.1 Å². The number of hydrogen-bond donors (Lipinski definition) is 3. The van der Waals surface area contributed by atoms with Crippen molar-refractivity contribution in [3.8, 4) is 5.75 Å². The molecule has 0 fully saturated rings. The van der Waals surface area contributed by atoms with E-state index in [1.54, 1.807) is 18.2 Å². The number of phenolic OH excluding ortho intramolecular Hbond substituents is 1. The van der Waals surface area contributed by atoms with Crippen molar-refractivity contribution in [3.63, 3.8) is 0 Å². The van der Waals surface area contributed by atoms with E-state index in [0.717, 1.165) is 16.6 Å². The summed E-state index contributed by atoms with van der Waals surface area (Å²) < 4.78 is 5.15. The van der Waals surface area contributed by atoms with E-state index < -0.39 is 11.7 Å². The van der Waals surface area contributed by atoms with Gasteiger partial charge in [0, 0.05) is 16.6 Å². The van der Waals surface area contributed by atoms with Crippen molar-refractivity contribution in [1.29, 1.82) is 0 Å². The number of aromatic nitrogens is 1. The quantitative estimate of drug-likeness (QED) is 0.779. The number of hydrogen-bond acceptors (Lipinski definition) is 3. The van der Waals surface area contributed by atoms with Crippen molar-refractivity contribution in [2.75, 3.05) is 0 Å². The van der Waals surface area contributed by atoms with Crippen LogP contribution in [-0.4, -0.2) is 21.8 Å². The lowest BCUT2D eigenvalue weighted by Gasteiger charge is -2.19. The number of phenols is 1. The van der Waals surface area contributed by atoms with Crippen LogP contribution in [0.4, 0.5) is 4.79 Å². The van der Waals surface area contributed by atoms with Gasteiger partial charge >= 0.3 is 6.09 Å². The summed E-state index contributed by atoms with van der Waals surface area (Å²) in [4.78, 5) is 14.7. The smallest absolute Gasteiger partial charge is 0.407 e. The molecule has 2 rings (SSSR count). The minimum Gasteiger partial charge on any atom is -0.508 e. The standard InChI is InChI=1S/C14H18N2O3/c1-14(2,3)19-13(18)15-8-10-6-9-7-11(17)4-5-12(9)16-10/h4-7,16-17H,8H2,1-3H3,(H,15,18). The Kier molecular flexibility index (Phi) is 3.38. The molecule has 1 aromatic carbocycles. The monoisotopic (exact) mass is 262 g/mol. The number of alkyl carbamates (subject to hydrolysis) is 1. The molecule has 5 heteroatoms. The zero-order valence-electron chi connectivity index (χ0n) is 11.3. The second kappa shape index (κ2) is 4.84. The number of aromatic hydroxyl groups is 1. The van der Waals surface area contributed by atoms with Gasteiger partial charge in [-0.2, -0.15) is 0 Å². The number of nitrogens with one attached hydrogen (secondary N) is 2. The first-order valence-corrected chi connectivity index (χ1v) is 6.11. The molecule has 1 aromatic heterocycles. The summed E-state index contributed by atoms with van der Waals surface area (Å²) >= 11 is 0. The minimum absolute atomic E-state index is 0.221. The van der Waals surface area contributed by atoms with Gasteiger partial charge in [-0.3, -0.25) is 0 Å². The van der Waals surface area contributed by atoms with Crippen LogP contribution in [0.15, 0.2) is 24.3 Å². The summed E-state index contributed by atoms with van der Waals surface area (Å²) in [5.41, 5.74) is 1.27. The average Bonchev–Trinajstić information content (AvgIpc) is 2.66. The topological polar surface area (TPSA) is 74.3 Å². The summed E-state index contributed by atoms with van der Waals surface area (Å²) in [5.74, 6) is 0.221. The molecule has 0 spiro atoms. The van der Waals surface area contributed by atoms with Crippen molar-refractivity contribution in [1.82, 2.24) is 10.3 Å². The van der Waals surface area contributed by atoms with Gasteiger partial charge in [0.2, 0.25) is 0 Å². The Morgan fingerprint density at radius 1 is 1.37 bits per heavy atom. The third kappa shape index (κ3) is 3.64. The van der Waals surface area contributed by atoms with Crippen LogP contribution in [0.25, 0.3) is 10.9 Å². The summed E-state index contributed by atoms with van der Waals surface area (Å²) in [6, 6.07) is 6.96. The molecule has 102 valence electrons. The van der Waals surface area contributed by atoms with Crippen LogP contribution in [0.5, 0.6) is 5.75 Å². The fourth-order valence-corrected chi connectivity index (χ4v) is 1.76. The van der Waals surface area contributed by atoms with E-state index in [9.17, 15) is 9.90 Å². The molecule has 1 amide bonds. The SMILES string of the molecule is CC(C)(C)OC(=O)NCc1cc2cc(O)ccc2[nH]1. The zero-order valence-corrected chi connectivity index (χ0v) is 11.3. The maximum atomic E-state index is 11.5. The number of ether oxygens (including phenoxy) is 1. The molecule has 0 saturated heterocycles. The highest BCUT2D eigenvalue weighted by atomic mass is 16.6. The van der Waals surface area contributed by atoms with Crippen molar-refractivity contribution in [3.05, 3.63) is 30.0 Å². The number of aromatic amines is 1. The Morgan fingerprint density at radius 2 is 2.11 bits per heavy atom. The Hall–Kier alpha value is -2.17. The van der Waals surface area contributed by atoms with E-state index in [-0.39, 0.29) is 5.75 Å². The second-order valence-electron chi connectivity index (χ2n) is 5.42. The van der Waals surface area contributed by atoms with Crippen molar-refractivity contribution < 1.29 is 14.6 Å². The van der Waals surface area contributed by atoms with Crippen LogP contribution in [0, 0.1) is 0 Å². The fourth-order valence-electron chi connectivity index (χ4n) is 1.76. The number of amides is 1. The van der Waals surface area contributed by atoms with E-state index in [2.05, 4.69) is 10.3 Å². The third-order valence-corrected chi connectivity index (χ3v) is 2.48. The Bertz CT molecular complexity index is 596. The normalized spacial score (nSPS) is 11.5. The zero-order chi connectivity index (χ0) is 14.0. The molecule has 19 heavy (non-hydrogen) atoms. The first-order chi connectivity index (χ1) is 8.83. The second-order valence-corrected chi connectivity index (χ2v) is 5.42. The van der Waals surface area contributed by atoms with Crippen LogP contribution in [0.2, 0.25) is 0 Å². The molecular formula is C14H18N2O3. The number of carbonyl (C=O) groups excluding carboxylic acids is 1. The van der Waals surface area contributed by atoms with Gasteiger partial charge in [0.1, 0.15) is 11.4 Å². The van der Waals surface area contributed by atoms with E-state index in [0.29, 0.717) is 6.54 Å². The average molecular weight is 262 g/mol. The molecule has 0 aliphatic rings. The summed E-state index contributed by atoms with van der Waals surface area (Å²) in [6.45, 7) is 5.80. The summed E-state index contributed by atoms with van der Waals surface area (Å²) in [6.07, 6.45) is -0.450. The van der Waals surface area contributed by atoms with Gasteiger partial charge in [-0.05, 0) is 45.0 Å². The van der Waals surface area contributed by atoms with Crippen molar-refractivity contribution >= 4 is 17.0 Å². The van der Waals surface area contributed by atoms with Gasteiger partial charge in [0.25, 0.3) is 0 Å². The Balaban J connectivity index is 2.00. The first-order valence-electron chi connectivity index (χ1n) is 6.11. The fraction of sp³-hybridized carbons (Fsp3) is 0.357. The number of fused-ring (bicyclic) bond motifs is 1. The third-order valence-electron chi connectivity index (χ3n) is 2.48. The lowest BCUT2D eigenvalue weighted by molar-refractivity contribution is 0.0523. The van der Waals surface area contributed by atoms with Crippen molar-refractivity contribution in [2.24, 2.45) is 0 Å². The highest BCUT2D eigenvalue weighted by Crippen LogP contribution is 2.20. The van der Waals surface area contributed by atoms with Gasteiger partial charge in [0.15, 0.2) is 0 Å². The number of carbonyl (C=O) groups is 1. The first kappa shape index (κ1) is 13.3. The van der Waals surface area contributed by atoms with Crippen LogP contribution < -0.4 is 5.32 Å². The molecule has 0 aliphatic carbocycles.